The molecule has 7 heteroatoms. The Hall–Kier alpha value is -3.97. The summed E-state index contributed by atoms with van der Waals surface area (Å²) in [5.74, 6) is -0.851. The fourth-order valence-corrected chi connectivity index (χ4v) is 4.64. The summed E-state index contributed by atoms with van der Waals surface area (Å²) in [6, 6.07) is 21.3. The molecule has 0 radical (unpaired) electrons. The zero-order valence-corrected chi connectivity index (χ0v) is 20.4. The van der Waals surface area contributed by atoms with E-state index in [1.54, 1.807) is 37.7 Å². The second kappa shape index (κ2) is 9.35. The van der Waals surface area contributed by atoms with E-state index in [-0.39, 0.29) is 17.9 Å². The van der Waals surface area contributed by atoms with Crippen molar-refractivity contribution in [3.63, 3.8) is 0 Å². The van der Waals surface area contributed by atoms with Gasteiger partial charge >= 0.3 is 0 Å². The number of benzene rings is 3. The summed E-state index contributed by atoms with van der Waals surface area (Å²) >= 11 is 3.43. The van der Waals surface area contributed by atoms with Gasteiger partial charge in [-0.1, -0.05) is 52.3 Å². The van der Waals surface area contributed by atoms with Crippen LogP contribution < -0.4 is 4.74 Å². The lowest BCUT2D eigenvalue weighted by Crippen LogP contribution is -2.29. The van der Waals surface area contributed by atoms with Gasteiger partial charge in [0.2, 0.25) is 0 Å². The van der Waals surface area contributed by atoms with Crippen LogP contribution >= 0.6 is 15.9 Å². The Labute approximate surface area is 210 Å². The zero-order chi connectivity index (χ0) is 24.5. The number of Topliss-reactive ketones (excluding diaryl/α,β-unsaturated/α-hetero) is 1. The van der Waals surface area contributed by atoms with Crippen molar-refractivity contribution < 1.29 is 19.4 Å². The highest BCUT2D eigenvalue weighted by Gasteiger charge is 2.46. The minimum Gasteiger partial charge on any atom is -0.507 e. The van der Waals surface area contributed by atoms with E-state index in [0.29, 0.717) is 5.56 Å². The second-order valence-corrected chi connectivity index (χ2v) is 9.18. The molecule has 1 amide bonds. The van der Waals surface area contributed by atoms with Crippen molar-refractivity contribution in [3.05, 3.63) is 112 Å². The van der Waals surface area contributed by atoms with Gasteiger partial charge in [0.1, 0.15) is 11.5 Å². The second-order valence-electron chi connectivity index (χ2n) is 8.27. The van der Waals surface area contributed by atoms with E-state index in [1.165, 1.54) is 4.90 Å². The third-order valence-electron chi connectivity index (χ3n) is 6.12. The number of amides is 1. The number of aromatic nitrogens is 1. The summed E-state index contributed by atoms with van der Waals surface area (Å²) in [7, 11) is 1.61. The number of methoxy groups -OCH3 is 1. The molecule has 1 N–H and O–H groups in total. The lowest BCUT2D eigenvalue weighted by Gasteiger charge is -2.25. The summed E-state index contributed by atoms with van der Waals surface area (Å²) in [6.45, 7) is 0.188. The molecule has 35 heavy (non-hydrogen) atoms. The van der Waals surface area contributed by atoms with Crippen LogP contribution in [0.5, 0.6) is 5.75 Å². The summed E-state index contributed by atoms with van der Waals surface area (Å²) in [6.07, 6.45) is 3.31. The molecule has 2 heterocycles. The van der Waals surface area contributed by atoms with Crippen LogP contribution in [0, 0.1) is 0 Å². The maximum Gasteiger partial charge on any atom is 0.295 e. The first-order chi connectivity index (χ1) is 17.0. The Bertz CT molecular complexity index is 1470. The summed E-state index contributed by atoms with van der Waals surface area (Å²) in [5.41, 5.74) is 2.04. The fraction of sp³-hybridized carbons (Fsp3) is 0.107. The number of pyridine rings is 1. The predicted octanol–water partition coefficient (Wildman–Crippen LogP) is 5.63. The molecule has 1 aliphatic heterocycles. The lowest BCUT2D eigenvalue weighted by molar-refractivity contribution is -0.140. The monoisotopic (exact) mass is 528 g/mol. The van der Waals surface area contributed by atoms with E-state index in [1.807, 2.05) is 54.6 Å². The number of hydrogen-bond acceptors (Lipinski definition) is 5. The van der Waals surface area contributed by atoms with Crippen molar-refractivity contribution in [2.45, 2.75) is 12.6 Å². The van der Waals surface area contributed by atoms with E-state index in [2.05, 4.69) is 20.9 Å². The number of hydrogen-bond donors (Lipinski definition) is 1. The Morgan fingerprint density at radius 1 is 1.03 bits per heavy atom. The number of carbonyl (C=O) groups excluding carboxylic acids is 2. The van der Waals surface area contributed by atoms with Crippen LogP contribution in [0.4, 0.5) is 0 Å². The molecular weight excluding hydrogens is 508 g/mol. The smallest absolute Gasteiger partial charge is 0.295 e. The van der Waals surface area contributed by atoms with Gasteiger partial charge in [-0.05, 0) is 58.3 Å². The molecule has 0 spiro atoms. The first-order valence-corrected chi connectivity index (χ1v) is 11.8. The third-order valence-corrected chi connectivity index (χ3v) is 6.65. The lowest BCUT2D eigenvalue weighted by atomic mass is 9.94. The molecular formula is C28H21BrN2O4. The summed E-state index contributed by atoms with van der Waals surface area (Å²) < 4.78 is 6.16. The molecule has 1 saturated heterocycles. The van der Waals surface area contributed by atoms with E-state index in [4.69, 9.17) is 4.74 Å². The van der Waals surface area contributed by atoms with Gasteiger partial charge in [-0.15, -0.1) is 0 Å². The summed E-state index contributed by atoms with van der Waals surface area (Å²) in [4.78, 5) is 32.1. The normalized spacial score (nSPS) is 17.2. The Morgan fingerprint density at radius 2 is 1.77 bits per heavy atom. The SMILES string of the molecule is COc1ccc2cc(/C(O)=C3\C(=O)C(=O)N(Cc4cccnc4)C3c3ccc(Br)cc3)ccc2c1. The van der Waals surface area contributed by atoms with Crippen LogP contribution in [-0.2, 0) is 16.1 Å². The maximum atomic E-state index is 13.3. The first-order valence-electron chi connectivity index (χ1n) is 11.0. The van der Waals surface area contributed by atoms with Crippen molar-refractivity contribution >= 4 is 44.2 Å². The number of ether oxygens (including phenoxy) is 1. The number of aliphatic hydroxyl groups is 1. The Morgan fingerprint density at radius 3 is 2.49 bits per heavy atom. The molecule has 4 aromatic rings. The van der Waals surface area contributed by atoms with Gasteiger partial charge in [-0.2, -0.15) is 0 Å². The number of fused-ring (bicyclic) bond motifs is 1. The number of rotatable bonds is 5. The minimum absolute atomic E-state index is 0.0640. The number of carbonyl (C=O) groups is 2. The molecule has 1 aliphatic rings. The first kappa shape index (κ1) is 22.8. The van der Waals surface area contributed by atoms with Crippen LogP contribution in [0.3, 0.4) is 0 Å². The van der Waals surface area contributed by atoms with Crippen LogP contribution in [-0.4, -0.2) is 33.8 Å². The average molecular weight is 529 g/mol. The quantitative estimate of drug-likeness (QED) is 0.206. The van der Waals surface area contributed by atoms with E-state index in [9.17, 15) is 14.7 Å². The highest BCUT2D eigenvalue weighted by atomic mass is 79.9. The van der Waals surface area contributed by atoms with Crippen LogP contribution in [0.15, 0.2) is 95.2 Å². The number of likely N-dealkylation sites (tertiary alicyclic amines) is 1. The molecule has 1 aromatic heterocycles. The van der Waals surface area contributed by atoms with Gasteiger partial charge in [0.05, 0.1) is 18.7 Å². The number of aliphatic hydroxyl groups excluding tert-OH is 1. The van der Waals surface area contributed by atoms with Gasteiger partial charge in [-0.25, -0.2) is 0 Å². The molecule has 0 aliphatic carbocycles. The standard InChI is InChI=1S/C28H21BrN2O4/c1-35-23-11-8-19-13-21(5-4-20(19)14-23)26(32)24-25(18-6-9-22(29)10-7-18)31(28(34)27(24)33)16-17-3-2-12-30-15-17/h2-15,25,32H,16H2,1H3/b26-24+. The van der Waals surface area contributed by atoms with E-state index >= 15 is 0 Å². The van der Waals surface area contributed by atoms with Gasteiger partial charge in [0.15, 0.2) is 0 Å². The Balaban J connectivity index is 1.64. The molecule has 6 nitrogen and oxygen atoms in total. The largest absolute Gasteiger partial charge is 0.507 e. The number of ketones is 1. The van der Waals surface area contributed by atoms with Crippen molar-refractivity contribution in [2.75, 3.05) is 7.11 Å². The molecule has 174 valence electrons. The minimum atomic E-state index is -0.741. The van der Waals surface area contributed by atoms with Crippen molar-refractivity contribution in [1.29, 1.82) is 0 Å². The van der Waals surface area contributed by atoms with Crippen LogP contribution in [0.25, 0.3) is 16.5 Å². The molecule has 3 aromatic carbocycles. The predicted molar refractivity (Wildman–Crippen MR) is 137 cm³/mol. The van der Waals surface area contributed by atoms with Crippen LogP contribution in [0.1, 0.15) is 22.7 Å². The van der Waals surface area contributed by atoms with Gasteiger partial charge in [-0.3, -0.25) is 14.6 Å². The highest BCUT2D eigenvalue weighted by molar-refractivity contribution is 9.10. The molecule has 1 unspecified atom stereocenters. The molecule has 1 fully saturated rings. The summed E-state index contributed by atoms with van der Waals surface area (Å²) in [5, 5.41) is 13.2. The zero-order valence-electron chi connectivity index (χ0n) is 18.8. The number of halogens is 1. The topological polar surface area (TPSA) is 79.7 Å². The highest BCUT2D eigenvalue weighted by Crippen LogP contribution is 2.41. The maximum absolute atomic E-state index is 13.3. The molecule has 1 atom stereocenters. The van der Waals surface area contributed by atoms with Crippen molar-refractivity contribution in [3.8, 4) is 5.75 Å². The van der Waals surface area contributed by atoms with Gasteiger partial charge in [0.25, 0.3) is 11.7 Å². The van der Waals surface area contributed by atoms with Crippen molar-refractivity contribution in [1.82, 2.24) is 9.88 Å². The third kappa shape index (κ3) is 4.31. The molecule has 0 saturated carbocycles. The molecule has 0 bridgehead atoms. The fourth-order valence-electron chi connectivity index (χ4n) is 4.38. The number of nitrogens with zero attached hydrogens (tertiary/aromatic N) is 2. The van der Waals surface area contributed by atoms with Crippen molar-refractivity contribution in [2.24, 2.45) is 0 Å². The average Bonchev–Trinajstić information content (AvgIpc) is 3.13. The Kier molecular flexibility index (Phi) is 6.09. The van der Waals surface area contributed by atoms with E-state index < -0.39 is 17.7 Å². The molecule has 5 rings (SSSR count). The van der Waals surface area contributed by atoms with Gasteiger partial charge < -0.3 is 14.7 Å². The van der Waals surface area contributed by atoms with Crippen LogP contribution in [0.2, 0.25) is 0 Å². The van der Waals surface area contributed by atoms with E-state index in [0.717, 1.165) is 32.1 Å². The van der Waals surface area contributed by atoms with Gasteiger partial charge in [0, 0.05) is 29.0 Å².